The summed E-state index contributed by atoms with van der Waals surface area (Å²) in [5, 5.41) is 19.2. The van der Waals surface area contributed by atoms with Gasteiger partial charge < -0.3 is 29.6 Å². The number of aromatic nitrogens is 3. The standard InChI is InChI=1S/C24H25N5O6/c1-11(7-14(25)24(31)32)28-23(30)17-12(2)29-21-19(17)26-9-27-20(21)18-15(33-8-13-3-4-13)5-6-16-22(18)35-10-34-16/h5-6,9,11,13,25,29H,3-4,7-8,10H2,1-2H3,(H,28,30)(H,31,32)/t11-/m1/s1. The molecule has 0 bridgehead atoms. The number of carbonyl (C=O) groups excluding carboxylic acids is 1. The van der Waals surface area contributed by atoms with Crippen molar-refractivity contribution < 1.29 is 28.9 Å². The predicted molar refractivity (Wildman–Crippen MR) is 125 cm³/mol. The maximum absolute atomic E-state index is 13.1. The molecule has 35 heavy (non-hydrogen) atoms. The Morgan fingerprint density at radius 1 is 1.31 bits per heavy atom. The summed E-state index contributed by atoms with van der Waals surface area (Å²) in [6.07, 6.45) is 3.58. The van der Waals surface area contributed by atoms with Crippen LogP contribution in [0.1, 0.15) is 42.2 Å². The van der Waals surface area contributed by atoms with E-state index >= 15 is 0 Å². The molecule has 1 aromatic carbocycles. The van der Waals surface area contributed by atoms with Crippen LogP contribution in [0.25, 0.3) is 22.3 Å². The van der Waals surface area contributed by atoms with Crippen molar-refractivity contribution in [1.29, 1.82) is 5.41 Å². The van der Waals surface area contributed by atoms with Crippen LogP contribution in [0.3, 0.4) is 0 Å². The highest BCUT2D eigenvalue weighted by atomic mass is 16.7. The van der Waals surface area contributed by atoms with Gasteiger partial charge in [0.15, 0.2) is 11.5 Å². The molecule has 2 aliphatic rings. The average molecular weight is 479 g/mol. The number of hydrogen-bond donors (Lipinski definition) is 4. The summed E-state index contributed by atoms with van der Waals surface area (Å²) in [5.41, 5.74) is 2.52. The van der Waals surface area contributed by atoms with E-state index in [9.17, 15) is 9.59 Å². The first-order valence-electron chi connectivity index (χ1n) is 11.3. The van der Waals surface area contributed by atoms with E-state index in [2.05, 4.69) is 20.3 Å². The molecular formula is C24H25N5O6. The molecule has 0 unspecified atom stereocenters. The molecule has 1 amide bonds. The lowest BCUT2D eigenvalue weighted by Gasteiger charge is -2.14. The average Bonchev–Trinajstić information content (AvgIpc) is 3.40. The van der Waals surface area contributed by atoms with Crippen molar-refractivity contribution in [2.75, 3.05) is 13.4 Å². The molecule has 1 aliphatic carbocycles. The summed E-state index contributed by atoms with van der Waals surface area (Å²) in [7, 11) is 0. The van der Waals surface area contributed by atoms with E-state index in [1.165, 1.54) is 6.33 Å². The van der Waals surface area contributed by atoms with Crippen molar-refractivity contribution >= 4 is 28.6 Å². The number of aliphatic carboxylic acids is 1. The van der Waals surface area contributed by atoms with Crippen LogP contribution in [0, 0.1) is 18.3 Å². The van der Waals surface area contributed by atoms with Crippen molar-refractivity contribution in [3.63, 3.8) is 0 Å². The van der Waals surface area contributed by atoms with Gasteiger partial charge in [-0.05, 0) is 44.7 Å². The number of aryl methyl sites for hydroxylation is 1. The maximum atomic E-state index is 13.1. The maximum Gasteiger partial charge on any atom is 0.349 e. The van der Waals surface area contributed by atoms with Crippen molar-refractivity contribution in [3.8, 4) is 28.5 Å². The number of nitrogens with zero attached hydrogens (tertiary/aromatic N) is 2. The summed E-state index contributed by atoms with van der Waals surface area (Å²) in [6, 6.07) is 3.09. The minimum Gasteiger partial charge on any atom is -0.492 e. The zero-order chi connectivity index (χ0) is 24.7. The monoisotopic (exact) mass is 479 g/mol. The smallest absolute Gasteiger partial charge is 0.349 e. The van der Waals surface area contributed by atoms with Crippen molar-refractivity contribution in [1.82, 2.24) is 20.3 Å². The van der Waals surface area contributed by atoms with Gasteiger partial charge in [-0.15, -0.1) is 0 Å². The summed E-state index contributed by atoms with van der Waals surface area (Å²) in [4.78, 5) is 36.2. The van der Waals surface area contributed by atoms with Gasteiger partial charge in [0, 0.05) is 18.2 Å². The van der Waals surface area contributed by atoms with Crippen LogP contribution < -0.4 is 19.5 Å². The lowest BCUT2D eigenvalue weighted by molar-refractivity contribution is -0.129. The molecule has 1 atom stereocenters. The van der Waals surface area contributed by atoms with Gasteiger partial charge >= 0.3 is 5.97 Å². The van der Waals surface area contributed by atoms with Crippen LogP contribution in [0.2, 0.25) is 0 Å². The van der Waals surface area contributed by atoms with Gasteiger partial charge in [-0.3, -0.25) is 10.2 Å². The van der Waals surface area contributed by atoms with Gasteiger partial charge in [0.05, 0.1) is 23.3 Å². The fourth-order valence-electron chi connectivity index (χ4n) is 4.12. The quantitative estimate of drug-likeness (QED) is 0.341. The molecule has 4 N–H and O–H groups in total. The van der Waals surface area contributed by atoms with Crippen LogP contribution in [-0.4, -0.2) is 57.1 Å². The highest BCUT2D eigenvalue weighted by Crippen LogP contribution is 2.48. The number of amides is 1. The Kier molecular flexibility index (Phi) is 5.75. The van der Waals surface area contributed by atoms with Crippen LogP contribution in [0.15, 0.2) is 18.5 Å². The Morgan fingerprint density at radius 2 is 2.11 bits per heavy atom. The van der Waals surface area contributed by atoms with E-state index in [0.717, 1.165) is 12.8 Å². The minimum absolute atomic E-state index is 0.0866. The topological polar surface area (TPSA) is 160 Å². The number of carbonyl (C=O) groups is 2. The number of ether oxygens (including phenoxy) is 3. The number of nitrogens with one attached hydrogen (secondary N) is 3. The Morgan fingerprint density at radius 3 is 2.86 bits per heavy atom. The van der Waals surface area contributed by atoms with Gasteiger partial charge in [0.25, 0.3) is 5.91 Å². The molecule has 0 radical (unpaired) electrons. The van der Waals surface area contributed by atoms with Crippen LogP contribution in [0.4, 0.5) is 0 Å². The second kappa shape index (κ2) is 8.90. The number of carboxylic acid groups (broad SMARTS) is 1. The first-order chi connectivity index (χ1) is 16.8. The minimum atomic E-state index is -1.31. The number of aromatic amines is 1. The Balaban J connectivity index is 1.53. The van der Waals surface area contributed by atoms with Crippen molar-refractivity contribution in [3.05, 3.63) is 29.7 Å². The number of rotatable bonds is 9. The van der Waals surface area contributed by atoms with E-state index in [0.29, 0.717) is 63.3 Å². The number of H-pyrrole nitrogens is 1. The summed E-state index contributed by atoms with van der Waals surface area (Å²) in [6.45, 7) is 4.09. The van der Waals surface area contributed by atoms with Gasteiger partial charge in [-0.2, -0.15) is 0 Å². The third-order valence-corrected chi connectivity index (χ3v) is 6.05. The van der Waals surface area contributed by atoms with E-state index in [1.807, 2.05) is 6.07 Å². The molecule has 0 saturated heterocycles. The molecule has 1 saturated carbocycles. The third-order valence-electron chi connectivity index (χ3n) is 6.05. The lowest BCUT2D eigenvalue weighted by Crippen LogP contribution is -2.35. The lowest BCUT2D eigenvalue weighted by atomic mass is 10.1. The number of hydrogen-bond acceptors (Lipinski definition) is 8. The Bertz CT molecular complexity index is 1350. The fraction of sp³-hybridized carbons (Fsp3) is 0.375. The summed E-state index contributed by atoms with van der Waals surface area (Å²) in [5.74, 6) is 0.533. The number of fused-ring (bicyclic) bond motifs is 2. The van der Waals surface area contributed by atoms with E-state index in [1.54, 1.807) is 19.9 Å². The van der Waals surface area contributed by atoms with Gasteiger partial charge in [0.1, 0.15) is 29.0 Å². The highest BCUT2D eigenvalue weighted by Gasteiger charge is 2.30. The molecular weight excluding hydrogens is 454 g/mol. The second-order valence-corrected chi connectivity index (χ2v) is 8.86. The van der Waals surface area contributed by atoms with Gasteiger partial charge in [0.2, 0.25) is 6.79 Å². The molecule has 1 fully saturated rings. The van der Waals surface area contributed by atoms with Crippen LogP contribution in [-0.2, 0) is 4.79 Å². The van der Waals surface area contributed by atoms with E-state index in [4.69, 9.17) is 24.7 Å². The first-order valence-corrected chi connectivity index (χ1v) is 11.3. The van der Waals surface area contributed by atoms with Crippen LogP contribution >= 0.6 is 0 Å². The third kappa shape index (κ3) is 4.36. The zero-order valence-electron chi connectivity index (χ0n) is 19.3. The van der Waals surface area contributed by atoms with Crippen LogP contribution in [0.5, 0.6) is 17.2 Å². The molecule has 11 heteroatoms. The molecule has 1 aliphatic heterocycles. The van der Waals surface area contributed by atoms with E-state index < -0.39 is 23.6 Å². The van der Waals surface area contributed by atoms with E-state index in [-0.39, 0.29) is 13.2 Å². The molecule has 11 nitrogen and oxygen atoms in total. The normalized spacial score (nSPS) is 15.1. The zero-order valence-corrected chi connectivity index (χ0v) is 19.3. The van der Waals surface area contributed by atoms with Crippen molar-refractivity contribution in [2.24, 2.45) is 5.92 Å². The Hall–Kier alpha value is -4.15. The highest BCUT2D eigenvalue weighted by molar-refractivity contribution is 6.34. The largest absolute Gasteiger partial charge is 0.492 e. The molecule has 3 aromatic rings. The number of benzene rings is 1. The van der Waals surface area contributed by atoms with Crippen molar-refractivity contribution in [2.45, 2.75) is 39.2 Å². The molecule has 182 valence electrons. The number of carboxylic acids is 1. The fourth-order valence-corrected chi connectivity index (χ4v) is 4.12. The summed E-state index contributed by atoms with van der Waals surface area (Å²) >= 11 is 0. The van der Waals surface area contributed by atoms with Gasteiger partial charge in [-0.1, -0.05) is 0 Å². The predicted octanol–water partition coefficient (Wildman–Crippen LogP) is 3.06. The first kappa shape index (κ1) is 22.6. The molecule has 5 rings (SSSR count). The molecule has 3 heterocycles. The Labute approximate surface area is 200 Å². The molecule has 0 spiro atoms. The molecule has 2 aromatic heterocycles. The SMILES string of the molecule is Cc1[nH]c2c(-c3c(OCC4CC4)ccc4c3OCO4)ncnc2c1C(=O)N[C@H](C)CC(=N)C(=O)O. The second-order valence-electron chi connectivity index (χ2n) is 8.86. The summed E-state index contributed by atoms with van der Waals surface area (Å²) < 4.78 is 17.5. The van der Waals surface area contributed by atoms with Gasteiger partial charge in [-0.25, -0.2) is 14.8 Å².